The molecular weight excluding hydrogens is 678 g/mol. The fraction of sp³-hybridized carbons (Fsp3) is 0.474. The van der Waals surface area contributed by atoms with Crippen molar-refractivity contribution in [2.75, 3.05) is 12.4 Å². The summed E-state index contributed by atoms with van der Waals surface area (Å²) in [6.45, 7) is 12.2. The molecule has 0 fully saturated rings. The number of rotatable bonds is 3. The van der Waals surface area contributed by atoms with E-state index >= 15 is 0 Å². The number of carbonyl (C=O) groups excluding carboxylic acids is 4. The molecule has 0 aliphatic carbocycles. The lowest BCUT2D eigenvalue weighted by Gasteiger charge is -2.38. The van der Waals surface area contributed by atoms with E-state index in [0.717, 1.165) is 6.26 Å². The number of methoxy groups -OCH3 is 1. The molecule has 3 heterocycles. The van der Waals surface area contributed by atoms with Crippen molar-refractivity contribution in [3.8, 4) is 23.0 Å². The first-order chi connectivity index (χ1) is 24.3. The van der Waals surface area contributed by atoms with Gasteiger partial charge in [0, 0.05) is 61.2 Å². The highest BCUT2D eigenvalue weighted by Gasteiger charge is 2.50. The number of amides is 1. The lowest BCUT2D eigenvalue weighted by Crippen LogP contribution is -2.46. The number of esters is 1. The highest BCUT2D eigenvalue weighted by Crippen LogP contribution is 2.55. The number of phenols is 3. The van der Waals surface area contributed by atoms with Crippen LogP contribution in [0.4, 0.5) is 5.69 Å². The Labute approximate surface area is 301 Å². The fourth-order valence-electron chi connectivity index (χ4n) is 6.86. The summed E-state index contributed by atoms with van der Waals surface area (Å²) in [4.78, 5) is 51.8. The van der Waals surface area contributed by atoms with Crippen LogP contribution in [0.15, 0.2) is 36.1 Å². The van der Waals surface area contributed by atoms with Crippen LogP contribution < -0.4 is 10.1 Å². The SMILES string of the molecule is CO[C@H]1C=CO[C@@]2(C)Oc3c(C)c(O)c4c(O)c(c(C=O)c(O)c4c3C2=O)NC(=O)C(C)=CC=C[C@H](C)[C@H](O)[C@@H](C)[C@@H](O)[C@@H](C)C(OC(C)=O)[C@@H]1C. The maximum atomic E-state index is 14.0. The van der Waals surface area contributed by atoms with Gasteiger partial charge in [0.15, 0.2) is 12.0 Å². The molecule has 2 aromatic rings. The first-order valence-corrected chi connectivity index (χ1v) is 16.9. The highest BCUT2D eigenvalue weighted by molar-refractivity contribution is 6.23. The number of fused-ring (bicyclic) bond motifs is 14. The van der Waals surface area contributed by atoms with Gasteiger partial charge >= 0.3 is 11.8 Å². The van der Waals surface area contributed by atoms with Crippen molar-refractivity contribution in [2.24, 2.45) is 23.7 Å². The molecule has 282 valence electrons. The number of Topliss-reactive ketones (excluding diaryl/α,β-unsaturated/α-hetero) is 1. The zero-order valence-electron chi connectivity index (χ0n) is 30.6. The predicted molar refractivity (Wildman–Crippen MR) is 189 cm³/mol. The number of ketones is 1. The van der Waals surface area contributed by atoms with Crippen LogP contribution in [0.1, 0.15) is 74.7 Å². The molecule has 5 rings (SSSR count). The molecule has 5 bridgehead atoms. The van der Waals surface area contributed by atoms with Crippen LogP contribution in [-0.4, -0.2) is 86.8 Å². The van der Waals surface area contributed by atoms with Crippen molar-refractivity contribution in [3.05, 3.63) is 52.8 Å². The standard InChI is InChI=1S/C38H47NO13/c1-16-11-10-12-17(2)37(48)39-28-23(15-40)32(45)25-26(33(28)46)31(44)21(6)35-27(25)36(47)38(8,52-35)50-14-13-24(49-9)18(3)34(51-22(7)41)20(5)30(43)19(4)29(16)42/h10-16,18-20,24,29-30,34,42-46H,1-9H3,(H,39,48)/t16-,18+,19+,20+,24-,29-,30+,34?,38-/m0/s1. The molecule has 0 saturated heterocycles. The third kappa shape index (κ3) is 7.10. The van der Waals surface area contributed by atoms with Gasteiger partial charge in [0.05, 0.1) is 46.8 Å². The van der Waals surface area contributed by atoms with E-state index in [1.165, 1.54) is 53.0 Å². The summed E-state index contributed by atoms with van der Waals surface area (Å²) < 4.78 is 23.1. The number of anilines is 1. The molecule has 0 aromatic heterocycles. The van der Waals surface area contributed by atoms with Gasteiger partial charge in [-0.25, -0.2) is 0 Å². The van der Waals surface area contributed by atoms with Crippen molar-refractivity contribution < 1.29 is 63.7 Å². The molecule has 6 N–H and O–H groups in total. The zero-order chi connectivity index (χ0) is 39.0. The van der Waals surface area contributed by atoms with E-state index in [2.05, 4.69) is 5.32 Å². The highest BCUT2D eigenvalue weighted by atomic mass is 16.7. The van der Waals surface area contributed by atoms with Gasteiger partial charge in [-0.1, -0.05) is 45.9 Å². The number of carbonyl (C=O) groups is 4. The second-order valence-corrected chi connectivity index (χ2v) is 13.7. The Morgan fingerprint density at radius 3 is 2.19 bits per heavy atom. The molecule has 14 nitrogen and oxygen atoms in total. The van der Waals surface area contributed by atoms with Gasteiger partial charge in [0.1, 0.15) is 23.4 Å². The van der Waals surface area contributed by atoms with E-state index in [-0.39, 0.29) is 28.7 Å². The van der Waals surface area contributed by atoms with Gasteiger partial charge in [-0.05, 0) is 19.9 Å². The van der Waals surface area contributed by atoms with Gasteiger partial charge < -0.3 is 49.8 Å². The molecule has 3 aliphatic heterocycles. The van der Waals surface area contributed by atoms with Crippen molar-refractivity contribution in [2.45, 2.75) is 85.6 Å². The van der Waals surface area contributed by atoms with Crippen molar-refractivity contribution >= 4 is 40.4 Å². The van der Waals surface area contributed by atoms with E-state index in [1.54, 1.807) is 33.8 Å². The van der Waals surface area contributed by atoms with Crippen LogP contribution >= 0.6 is 0 Å². The summed E-state index contributed by atoms with van der Waals surface area (Å²) in [7, 11) is 1.41. The van der Waals surface area contributed by atoms with Crippen molar-refractivity contribution in [1.82, 2.24) is 0 Å². The molecule has 14 heteroatoms. The fourth-order valence-corrected chi connectivity index (χ4v) is 6.86. The molecule has 1 amide bonds. The summed E-state index contributed by atoms with van der Waals surface area (Å²) in [5.74, 6) is -9.19. The molecule has 52 heavy (non-hydrogen) atoms. The van der Waals surface area contributed by atoms with Crippen LogP contribution in [0.3, 0.4) is 0 Å². The lowest BCUT2D eigenvalue weighted by molar-refractivity contribution is -0.160. The predicted octanol–water partition coefficient (Wildman–Crippen LogP) is 4.57. The number of nitrogens with one attached hydrogen (secondary N) is 1. The van der Waals surface area contributed by atoms with Crippen molar-refractivity contribution in [3.63, 3.8) is 0 Å². The number of aliphatic hydroxyl groups excluding tert-OH is 2. The number of aromatic hydroxyl groups is 3. The van der Waals surface area contributed by atoms with Gasteiger partial charge in [0.25, 0.3) is 11.7 Å². The Balaban J connectivity index is 1.93. The number of benzene rings is 2. The van der Waals surface area contributed by atoms with E-state index in [0.29, 0.717) is 0 Å². The molecule has 0 radical (unpaired) electrons. The minimum atomic E-state index is -2.08. The minimum Gasteiger partial charge on any atom is -0.507 e. The number of hydrogen-bond donors (Lipinski definition) is 6. The monoisotopic (exact) mass is 725 g/mol. The number of aliphatic hydroxyl groups is 2. The Morgan fingerprint density at radius 2 is 1.60 bits per heavy atom. The van der Waals surface area contributed by atoms with Crippen LogP contribution in [-0.2, 0) is 23.8 Å². The average Bonchev–Trinajstić information content (AvgIpc) is 3.36. The Morgan fingerprint density at radius 1 is 0.942 bits per heavy atom. The second-order valence-electron chi connectivity index (χ2n) is 13.7. The molecule has 2 aromatic carbocycles. The molecule has 3 aliphatic rings. The Bertz CT molecular complexity index is 1860. The smallest absolute Gasteiger partial charge is 0.312 e. The van der Waals surface area contributed by atoms with Gasteiger partial charge in [-0.15, -0.1) is 0 Å². The summed E-state index contributed by atoms with van der Waals surface area (Å²) in [6, 6.07) is 0. The Hall–Kier alpha value is -4.92. The summed E-state index contributed by atoms with van der Waals surface area (Å²) in [5, 5.41) is 58.2. The maximum Gasteiger partial charge on any atom is 0.312 e. The molecule has 9 atom stereocenters. The molecule has 1 unspecified atom stereocenters. The van der Waals surface area contributed by atoms with E-state index in [4.69, 9.17) is 18.9 Å². The topological polar surface area (TPSA) is 218 Å². The van der Waals surface area contributed by atoms with E-state index in [1.807, 2.05) is 0 Å². The van der Waals surface area contributed by atoms with Gasteiger partial charge in [-0.3, -0.25) is 19.2 Å². The lowest BCUT2D eigenvalue weighted by atomic mass is 9.78. The van der Waals surface area contributed by atoms with Crippen LogP contribution in [0, 0.1) is 30.6 Å². The van der Waals surface area contributed by atoms with Crippen molar-refractivity contribution in [1.29, 1.82) is 0 Å². The summed E-state index contributed by atoms with van der Waals surface area (Å²) >= 11 is 0. The van der Waals surface area contributed by atoms with E-state index in [9.17, 15) is 44.7 Å². The van der Waals surface area contributed by atoms with Crippen LogP contribution in [0.2, 0.25) is 0 Å². The largest absolute Gasteiger partial charge is 0.507 e. The van der Waals surface area contributed by atoms with Gasteiger partial charge in [0.2, 0.25) is 0 Å². The number of phenolic OH excluding ortho intramolecular Hbond substituents is 3. The van der Waals surface area contributed by atoms with Crippen LogP contribution in [0.25, 0.3) is 10.8 Å². The number of hydrogen-bond acceptors (Lipinski definition) is 13. The maximum absolute atomic E-state index is 14.0. The third-order valence-electron chi connectivity index (χ3n) is 10.2. The minimum absolute atomic E-state index is 0.00425. The number of allylic oxidation sites excluding steroid dienone is 2. The normalized spacial score (nSPS) is 30.1. The molecular formula is C38H47NO13. The number of ether oxygens (including phenoxy) is 4. The van der Waals surface area contributed by atoms with E-state index < -0.39 is 111 Å². The van der Waals surface area contributed by atoms with Crippen LogP contribution in [0.5, 0.6) is 23.0 Å². The quantitative estimate of drug-likeness (QED) is 0.111. The molecule has 0 spiro atoms. The zero-order valence-corrected chi connectivity index (χ0v) is 30.6. The Kier molecular flexibility index (Phi) is 11.8. The third-order valence-corrected chi connectivity index (χ3v) is 10.2. The number of aldehydes is 1. The summed E-state index contributed by atoms with van der Waals surface area (Å²) in [5.41, 5.74) is -1.27. The molecule has 0 saturated carbocycles. The first-order valence-electron chi connectivity index (χ1n) is 16.9. The summed E-state index contributed by atoms with van der Waals surface area (Å²) in [6.07, 6.45) is 3.41. The first kappa shape index (κ1) is 39.9. The van der Waals surface area contributed by atoms with Gasteiger partial charge in [-0.2, -0.15) is 0 Å². The average molecular weight is 726 g/mol. The second kappa shape index (κ2) is 15.4.